The first kappa shape index (κ1) is 21.2. The Bertz CT molecular complexity index is 971. The maximum absolute atomic E-state index is 12.2. The normalized spacial score (nSPS) is 11.6. The van der Waals surface area contributed by atoms with Gasteiger partial charge in [0.2, 0.25) is 10.0 Å². The number of hydrazone groups is 1. The largest absolute Gasteiger partial charge is 0.271 e. The van der Waals surface area contributed by atoms with Crippen molar-refractivity contribution in [2.24, 2.45) is 5.10 Å². The molecule has 144 valence electrons. The Morgan fingerprint density at radius 3 is 2.33 bits per heavy atom. The van der Waals surface area contributed by atoms with Gasteiger partial charge in [0.15, 0.2) is 0 Å². The van der Waals surface area contributed by atoms with Crippen LogP contribution in [0.4, 0.5) is 5.69 Å². The third kappa shape index (κ3) is 5.45. The first-order valence-corrected chi connectivity index (χ1v) is 10.5. The quantitative estimate of drug-likeness (QED) is 0.565. The SMILES string of the molecule is Cc1cccc(N(CC(=O)NN=Cc2c(Cl)cccc2Cl)S(C)(=O)=O)c1C. The van der Waals surface area contributed by atoms with Crippen LogP contribution in [0.1, 0.15) is 16.7 Å². The van der Waals surface area contributed by atoms with Gasteiger partial charge in [-0.25, -0.2) is 13.8 Å². The molecule has 2 aromatic rings. The molecule has 0 saturated carbocycles. The fourth-order valence-electron chi connectivity index (χ4n) is 2.36. The molecule has 0 bridgehead atoms. The summed E-state index contributed by atoms with van der Waals surface area (Å²) in [5, 5.41) is 4.58. The molecule has 1 N–H and O–H groups in total. The highest BCUT2D eigenvalue weighted by Crippen LogP contribution is 2.25. The van der Waals surface area contributed by atoms with Crippen LogP contribution < -0.4 is 9.73 Å². The molecule has 0 heterocycles. The summed E-state index contributed by atoms with van der Waals surface area (Å²) in [4.78, 5) is 12.2. The second kappa shape index (κ2) is 8.73. The average Bonchev–Trinajstić information content (AvgIpc) is 2.57. The van der Waals surface area contributed by atoms with E-state index < -0.39 is 22.5 Å². The Balaban J connectivity index is 2.18. The van der Waals surface area contributed by atoms with Crippen LogP contribution in [0.5, 0.6) is 0 Å². The molecular weight excluding hydrogens is 409 g/mol. The number of sulfonamides is 1. The highest BCUT2D eigenvalue weighted by Gasteiger charge is 2.22. The number of hydrogen-bond acceptors (Lipinski definition) is 4. The molecule has 0 aliphatic heterocycles. The standard InChI is InChI=1S/C18H19Cl2N3O3S/c1-12-6-4-9-17(13(12)2)23(27(3,25)26)11-18(24)22-21-10-14-15(19)7-5-8-16(14)20/h4-10H,11H2,1-3H3,(H,22,24). The summed E-state index contributed by atoms with van der Waals surface area (Å²) in [7, 11) is -3.66. The number of amides is 1. The Hall–Kier alpha value is -2.09. The van der Waals surface area contributed by atoms with Gasteiger partial charge in [0.25, 0.3) is 5.91 Å². The maximum atomic E-state index is 12.2. The number of aryl methyl sites for hydroxylation is 1. The molecule has 0 fully saturated rings. The number of anilines is 1. The van der Waals surface area contributed by atoms with E-state index in [-0.39, 0.29) is 0 Å². The van der Waals surface area contributed by atoms with Crippen LogP contribution in [0.2, 0.25) is 10.0 Å². The maximum Gasteiger partial charge on any atom is 0.260 e. The molecule has 6 nitrogen and oxygen atoms in total. The monoisotopic (exact) mass is 427 g/mol. The zero-order valence-electron chi connectivity index (χ0n) is 15.0. The van der Waals surface area contributed by atoms with Crippen molar-refractivity contribution >= 4 is 51.0 Å². The Morgan fingerprint density at radius 2 is 1.74 bits per heavy atom. The fourth-order valence-corrected chi connectivity index (χ4v) is 3.76. The summed E-state index contributed by atoms with van der Waals surface area (Å²) >= 11 is 12.1. The van der Waals surface area contributed by atoms with Gasteiger partial charge in [-0.3, -0.25) is 9.10 Å². The third-order valence-corrected chi connectivity index (χ3v) is 5.70. The van der Waals surface area contributed by atoms with Gasteiger partial charge >= 0.3 is 0 Å². The lowest BCUT2D eigenvalue weighted by molar-refractivity contribution is -0.119. The summed E-state index contributed by atoms with van der Waals surface area (Å²) in [6, 6.07) is 10.2. The summed E-state index contributed by atoms with van der Waals surface area (Å²) in [5.41, 5.74) is 4.91. The highest BCUT2D eigenvalue weighted by molar-refractivity contribution is 7.92. The molecule has 2 rings (SSSR count). The average molecular weight is 428 g/mol. The minimum atomic E-state index is -3.66. The lowest BCUT2D eigenvalue weighted by Crippen LogP contribution is -2.39. The molecule has 0 aromatic heterocycles. The van der Waals surface area contributed by atoms with Gasteiger partial charge in [-0.05, 0) is 43.2 Å². The van der Waals surface area contributed by atoms with E-state index in [4.69, 9.17) is 23.2 Å². The molecule has 0 spiro atoms. The van der Waals surface area contributed by atoms with Gasteiger partial charge in [-0.2, -0.15) is 5.10 Å². The number of halogens is 2. The summed E-state index contributed by atoms with van der Waals surface area (Å²) in [6.07, 6.45) is 2.36. The molecule has 0 atom stereocenters. The van der Waals surface area contributed by atoms with Crippen molar-refractivity contribution in [1.29, 1.82) is 0 Å². The Labute approximate surface area is 168 Å². The molecular formula is C18H19Cl2N3O3S. The first-order valence-electron chi connectivity index (χ1n) is 7.91. The van der Waals surface area contributed by atoms with Crippen LogP contribution in [0.3, 0.4) is 0 Å². The van der Waals surface area contributed by atoms with E-state index >= 15 is 0 Å². The number of hydrogen-bond donors (Lipinski definition) is 1. The van der Waals surface area contributed by atoms with E-state index in [0.29, 0.717) is 21.3 Å². The van der Waals surface area contributed by atoms with Crippen molar-refractivity contribution in [3.05, 3.63) is 63.1 Å². The summed E-state index contributed by atoms with van der Waals surface area (Å²) in [6.45, 7) is 3.27. The molecule has 0 unspecified atom stereocenters. The molecule has 0 aliphatic carbocycles. The number of carbonyl (C=O) groups excluding carboxylic acids is 1. The van der Waals surface area contributed by atoms with Crippen LogP contribution in [0, 0.1) is 13.8 Å². The Kier molecular flexibility index (Phi) is 6.86. The minimum absolute atomic E-state index is 0.383. The molecule has 9 heteroatoms. The molecule has 1 amide bonds. The van der Waals surface area contributed by atoms with E-state index in [1.54, 1.807) is 37.3 Å². The second-order valence-corrected chi connectivity index (χ2v) is 8.64. The van der Waals surface area contributed by atoms with E-state index in [9.17, 15) is 13.2 Å². The zero-order valence-corrected chi connectivity index (χ0v) is 17.4. The highest BCUT2D eigenvalue weighted by atomic mass is 35.5. The van der Waals surface area contributed by atoms with Crippen LogP contribution in [-0.4, -0.2) is 33.3 Å². The lowest BCUT2D eigenvalue weighted by atomic mass is 10.1. The predicted octanol–water partition coefficient (Wildman–Crippen LogP) is 3.53. The number of nitrogens with one attached hydrogen (secondary N) is 1. The van der Waals surface area contributed by atoms with Crippen LogP contribution in [0.15, 0.2) is 41.5 Å². The number of carbonyl (C=O) groups is 1. The Morgan fingerprint density at radius 1 is 1.15 bits per heavy atom. The number of rotatable bonds is 6. The van der Waals surface area contributed by atoms with Crippen molar-refractivity contribution in [1.82, 2.24) is 5.43 Å². The number of benzene rings is 2. The third-order valence-electron chi connectivity index (χ3n) is 3.91. The van der Waals surface area contributed by atoms with Gasteiger partial charge in [-0.1, -0.05) is 41.4 Å². The smallest absolute Gasteiger partial charge is 0.260 e. The van der Waals surface area contributed by atoms with E-state index in [1.165, 1.54) is 6.21 Å². The van der Waals surface area contributed by atoms with Crippen molar-refractivity contribution in [3.63, 3.8) is 0 Å². The van der Waals surface area contributed by atoms with Crippen molar-refractivity contribution in [2.45, 2.75) is 13.8 Å². The zero-order chi connectivity index (χ0) is 20.2. The van der Waals surface area contributed by atoms with E-state index in [1.807, 2.05) is 13.0 Å². The number of nitrogens with zero attached hydrogens (tertiary/aromatic N) is 2. The van der Waals surface area contributed by atoms with Crippen LogP contribution in [0.25, 0.3) is 0 Å². The van der Waals surface area contributed by atoms with E-state index in [2.05, 4.69) is 10.5 Å². The van der Waals surface area contributed by atoms with Crippen LogP contribution in [-0.2, 0) is 14.8 Å². The second-order valence-electron chi connectivity index (χ2n) is 5.92. The van der Waals surface area contributed by atoms with Crippen molar-refractivity contribution in [2.75, 3.05) is 17.1 Å². The van der Waals surface area contributed by atoms with Gasteiger partial charge in [0.1, 0.15) is 6.54 Å². The first-order chi connectivity index (χ1) is 12.6. The molecule has 0 aliphatic rings. The van der Waals surface area contributed by atoms with Crippen molar-refractivity contribution in [3.8, 4) is 0 Å². The summed E-state index contributed by atoms with van der Waals surface area (Å²) in [5.74, 6) is -0.597. The van der Waals surface area contributed by atoms with Crippen molar-refractivity contribution < 1.29 is 13.2 Å². The fraction of sp³-hybridized carbons (Fsp3) is 0.222. The minimum Gasteiger partial charge on any atom is -0.271 e. The topological polar surface area (TPSA) is 78.8 Å². The molecule has 2 aromatic carbocycles. The van der Waals surface area contributed by atoms with E-state index in [0.717, 1.165) is 21.7 Å². The lowest BCUT2D eigenvalue weighted by Gasteiger charge is -2.23. The van der Waals surface area contributed by atoms with Gasteiger partial charge in [0.05, 0.1) is 28.2 Å². The van der Waals surface area contributed by atoms with Gasteiger partial charge in [0, 0.05) is 5.56 Å². The summed E-state index contributed by atoms with van der Waals surface area (Å²) < 4.78 is 25.4. The predicted molar refractivity (Wildman–Crippen MR) is 110 cm³/mol. The molecule has 0 radical (unpaired) electrons. The van der Waals surface area contributed by atoms with Gasteiger partial charge in [-0.15, -0.1) is 0 Å². The van der Waals surface area contributed by atoms with Crippen LogP contribution >= 0.6 is 23.2 Å². The molecule has 27 heavy (non-hydrogen) atoms. The molecule has 0 saturated heterocycles. The van der Waals surface area contributed by atoms with Gasteiger partial charge < -0.3 is 0 Å².